The molecule has 0 atom stereocenters. The van der Waals surface area contributed by atoms with Crippen molar-refractivity contribution >= 4 is 34.6 Å². The van der Waals surface area contributed by atoms with E-state index in [-0.39, 0.29) is 5.02 Å². The van der Waals surface area contributed by atoms with Gasteiger partial charge in [0.2, 0.25) is 0 Å². The van der Waals surface area contributed by atoms with Crippen LogP contribution < -0.4 is 5.32 Å². The highest BCUT2D eigenvalue weighted by molar-refractivity contribution is 7.80. The van der Waals surface area contributed by atoms with Gasteiger partial charge in [-0.2, -0.15) is 0 Å². The number of nitrogens with zero attached hydrogens (tertiary/aromatic N) is 3. The SMILES string of the molecule is CN(C)CCCN(CCCN(C)C)C(=S)Nc1ccc(F)c(Cl)c1. The molecule has 136 valence electrons. The summed E-state index contributed by atoms with van der Waals surface area (Å²) in [6, 6.07) is 4.54. The third-order valence-corrected chi connectivity index (χ3v) is 4.17. The van der Waals surface area contributed by atoms with E-state index in [0.29, 0.717) is 10.8 Å². The molecule has 0 saturated carbocycles. The van der Waals surface area contributed by atoms with Gasteiger partial charge in [-0.3, -0.25) is 0 Å². The van der Waals surface area contributed by atoms with Gasteiger partial charge in [-0.25, -0.2) is 4.39 Å². The zero-order chi connectivity index (χ0) is 18.1. The number of anilines is 1. The van der Waals surface area contributed by atoms with Crippen LogP contribution in [0.1, 0.15) is 12.8 Å². The summed E-state index contributed by atoms with van der Waals surface area (Å²) >= 11 is 11.4. The summed E-state index contributed by atoms with van der Waals surface area (Å²) in [7, 11) is 8.25. The first kappa shape index (κ1) is 21.1. The molecule has 0 bridgehead atoms. The number of nitrogens with one attached hydrogen (secondary N) is 1. The Labute approximate surface area is 155 Å². The van der Waals surface area contributed by atoms with Gasteiger partial charge in [0.1, 0.15) is 5.82 Å². The summed E-state index contributed by atoms with van der Waals surface area (Å²) < 4.78 is 13.3. The van der Waals surface area contributed by atoms with Crippen LogP contribution in [0.4, 0.5) is 10.1 Å². The third-order valence-electron chi connectivity index (χ3n) is 3.52. The first-order valence-corrected chi connectivity index (χ1v) is 8.88. The minimum atomic E-state index is -0.429. The average molecular weight is 375 g/mol. The molecule has 0 fully saturated rings. The predicted molar refractivity (Wildman–Crippen MR) is 106 cm³/mol. The number of rotatable bonds is 9. The van der Waals surface area contributed by atoms with E-state index < -0.39 is 5.82 Å². The van der Waals surface area contributed by atoms with Crippen molar-refractivity contribution in [2.75, 3.05) is 59.7 Å². The van der Waals surface area contributed by atoms with Crippen LogP contribution in [-0.2, 0) is 0 Å². The van der Waals surface area contributed by atoms with E-state index in [1.165, 1.54) is 6.07 Å². The maximum absolute atomic E-state index is 13.3. The number of thiocarbonyl (C=S) groups is 1. The van der Waals surface area contributed by atoms with Crippen molar-refractivity contribution in [2.45, 2.75) is 12.8 Å². The molecule has 0 unspecified atom stereocenters. The molecule has 24 heavy (non-hydrogen) atoms. The van der Waals surface area contributed by atoms with Crippen LogP contribution in [0.15, 0.2) is 18.2 Å². The van der Waals surface area contributed by atoms with Crippen molar-refractivity contribution in [3.8, 4) is 0 Å². The van der Waals surface area contributed by atoms with Gasteiger partial charge in [-0.1, -0.05) is 11.6 Å². The molecule has 1 rings (SSSR count). The molecule has 0 aliphatic rings. The van der Waals surface area contributed by atoms with Gasteiger partial charge in [0, 0.05) is 18.8 Å². The van der Waals surface area contributed by atoms with Gasteiger partial charge in [0.15, 0.2) is 5.11 Å². The van der Waals surface area contributed by atoms with Gasteiger partial charge in [-0.15, -0.1) is 0 Å². The maximum atomic E-state index is 13.3. The quantitative estimate of drug-likeness (QED) is 0.667. The standard InChI is InChI=1S/C17H28ClFN4S/c1-21(2)9-5-11-23(12-6-10-22(3)4)17(24)20-14-7-8-16(19)15(18)13-14/h7-8,13H,5-6,9-12H2,1-4H3,(H,20,24). The van der Waals surface area contributed by atoms with Crippen molar-refractivity contribution in [1.82, 2.24) is 14.7 Å². The maximum Gasteiger partial charge on any atom is 0.173 e. The van der Waals surface area contributed by atoms with Crippen LogP contribution in [-0.4, -0.2) is 74.2 Å². The molecular formula is C17H28ClFN4S. The van der Waals surface area contributed by atoms with Crippen LogP contribution in [0.25, 0.3) is 0 Å². The number of halogens is 2. The molecule has 7 heteroatoms. The average Bonchev–Trinajstić information content (AvgIpc) is 2.48. The Hall–Kier alpha value is -0.950. The molecule has 4 nitrogen and oxygen atoms in total. The smallest absolute Gasteiger partial charge is 0.173 e. The van der Waals surface area contributed by atoms with E-state index in [0.717, 1.165) is 39.0 Å². The fraction of sp³-hybridized carbons (Fsp3) is 0.588. The zero-order valence-corrected chi connectivity index (χ0v) is 16.6. The minimum absolute atomic E-state index is 0.0922. The first-order valence-electron chi connectivity index (χ1n) is 8.10. The predicted octanol–water partition coefficient (Wildman–Crippen LogP) is 3.38. The fourth-order valence-electron chi connectivity index (χ4n) is 2.25. The van der Waals surface area contributed by atoms with E-state index in [9.17, 15) is 4.39 Å². The summed E-state index contributed by atoms with van der Waals surface area (Å²) in [5.74, 6) is -0.429. The van der Waals surface area contributed by atoms with E-state index in [2.05, 4.69) is 48.2 Å². The Bertz CT molecular complexity index is 511. The summed E-state index contributed by atoms with van der Waals surface area (Å²) in [5.41, 5.74) is 0.705. The lowest BCUT2D eigenvalue weighted by Gasteiger charge is -2.27. The van der Waals surface area contributed by atoms with Gasteiger partial charge in [0.25, 0.3) is 0 Å². The van der Waals surface area contributed by atoms with E-state index >= 15 is 0 Å². The number of hydrogen-bond donors (Lipinski definition) is 1. The lowest BCUT2D eigenvalue weighted by molar-refractivity contribution is 0.325. The summed E-state index contributed by atoms with van der Waals surface area (Å²) in [6.07, 6.45) is 2.06. The van der Waals surface area contributed by atoms with Crippen molar-refractivity contribution < 1.29 is 4.39 Å². The molecule has 0 aliphatic carbocycles. The highest BCUT2D eigenvalue weighted by Crippen LogP contribution is 2.19. The van der Waals surface area contributed by atoms with Gasteiger partial charge in [-0.05, 0) is 84.5 Å². The number of hydrogen-bond acceptors (Lipinski definition) is 3. The Morgan fingerprint density at radius 2 is 1.58 bits per heavy atom. The second-order valence-electron chi connectivity index (χ2n) is 6.36. The summed E-state index contributed by atoms with van der Waals surface area (Å²) in [6.45, 7) is 3.78. The lowest BCUT2D eigenvalue weighted by atomic mass is 10.3. The second kappa shape index (κ2) is 10.8. The topological polar surface area (TPSA) is 21.8 Å². The van der Waals surface area contributed by atoms with Gasteiger partial charge < -0.3 is 20.0 Å². The Balaban J connectivity index is 2.64. The molecule has 1 aromatic carbocycles. The van der Waals surface area contributed by atoms with E-state index in [1.807, 2.05) is 0 Å². The van der Waals surface area contributed by atoms with Crippen molar-refractivity contribution in [3.63, 3.8) is 0 Å². The minimum Gasteiger partial charge on any atom is -0.349 e. The second-order valence-corrected chi connectivity index (χ2v) is 7.15. The largest absolute Gasteiger partial charge is 0.349 e. The Kier molecular flexibility index (Phi) is 9.51. The molecule has 0 heterocycles. The zero-order valence-electron chi connectivity index (χ0n) is 15.0. The molecule has 0 aromatic heterocycles. The number of benzene rings is 1. The highest BCUT2D eigenvalue weighted by Gasteiger charge is 2.11. The Morgan fingerprint density at radius 3 is 2.04 bits per heavy atom. The molecule has 0 amide bonds. The molecule has 0 radical (unpaired) electrons. The van der Waals surface area contributed by atoms with Gasteiger partial charge >= 0.3 is 0 Å². The van der Waals surface area contributed by atoms with Crippen LogP contribution in [0.2, 0.25) is 5.02 Å². The van der Waals surface area contributed by atoms with Crippen molar-refractivity contribution in [1.29, 1.82) is 0 Å². The molecule has 0 aliphatic heterocycles. The fourth-order valence-corrected chi connectivity index (χ4v) is 2.73. The monoisotopic (exact) mass is 374 g/mol. The third kappa shape index (κ3) is 8.24. The normalized spacial score (nSPS) is 11.2. The molecule has 0 spiro atoms. The van der Waals surface area contributed by atoms with E-state index in [4.69, 9.17) is 23.8 Å². The summed E-state index contributed by atoms with van der Waals surface area (Å²) in [5, 5.41) is 3.91. The first-order chi connectivity index (χ1) is 11.3. The molecule has 1 N–H and O–H groups in total. The van der Waals surface area contributed by atoms with Crippen molar-refractivity contribution in [2.24, 2.45) is 0 Å². The van der Waals surface area contributed by atoms with Crippen molar-refractivity contribution in [3.05, 3.63) is 29.0 Å². The van der Waals surface area contributed by atoms with Crippen LogP contribution in [0, 0.1) is 5.82 Å². The van der Waals surface area contributed by atoms with Gasteiger partial charge in [0.05, 0.1) is 5.02 Å². The highest BCUT2D eigenvalue weighted by atomic mass is 35.5. The molecule has 1 aromatic rings. The van der Waals surface area contributed by atoms with E-state index in [1.54, 1.807) is 12.1 Å². The molecular weight excluding hydrogens is 347 g/mol. The van der Waals surface area contributed by atoms with Crippen LogP contribution >= 0.6 is 23.8 Å². The Morgan fingerprint density at radius 1 is 1.04 bits per heavy atom. The molecule has 0 saturated heterocycles. The lowest BCUT2D eigenvalue weighted by Crippen LogP contribution is -2.38. The summed E-state index contributed by atoms with van der Waals surface area (Å²) in [4.78, 5) is 6.49. The van der Waals surface area contributed by atoms with Crippen LogP contribution in [0.5, 0.6) is 0 Å². The van der Waals surface area contributed by atoms with Crippen LogP contribution in [0.3, 0.4) is 0 Å².